The first-order valence-corrected chi connectivity index (χ1v) is 7.50. The van der Waals surface area contributed by atoms with Crippen molar-refractivity contribution in [3.05, 3.63) is 29.8 Å². The zero-order valence-corrected chi connectivity index (χ0v) is 11.9. The molecule has 2 aliphatic heterocycles. The van der Waals surface area contributed by atoms with Crippen LogP contribution in [0.4, 0.5) is 5.69 Å². The topological polar surface area (TPSA) is 69.6 Å². The Balaban J connectivity index is 1.80. The Hall–Kier alpha value is -1.88. The van der Waals surface area contributed by atoms with Gasteiger partial charge in [-0.1, -0.05) is 18.2 Å². The summed E-state index contributed by atoms with van der Waals surface area (Å²) in [5, 5.41) is 12.7. The molecule has 2 unspecified atom stereocenters. The number of amides is 1. The van der Waals surface area contributed by atoms with Crippen molar-refractivity contribution >= 4 is 17.6 Å². The van der Waals surface area contributed by atoms with Crippen molar-refractivity contribution in [1.82, 2.24) is 5.32 Å². The summed E-state index contributed by atoms with van der Waals surface area (Å²) in [6, 6.07) is 6.73. The van der Waals surface area contributed by atoms with Crippen LogP contribution < -0.4 is 10.2 Å². The minimum absolute atomic E-state index is 0.0685. The standard InChI is InChI=1S/C16H20N2O3/c19-15(8-11-4-3-7-17-10-11)18-13-6-2-1-5-12(13)9-14(18)16(20)21/h1-2,5-6,11,14,17H,3-4,7-10H2,(H,20,21). The molecule has 5 nitrogen and oxygen atoms in total. The Morgan fingerprint density at radius 1 is 1.33 bits per heavy atom. The van der Waals surface area contributed by atoms with Crippen molar-refractivity contribution in [3.8, 4) is 0 Å². The number of carbonyl (C=O) groups is 2. The number of hydrogen-bond acceptors (Lipinski definition) is 3. The van der Waals surface area contributed by atoms with E-state index in [2.05, 4.69) is 5.32 Å². The number of carboxylic acids is 1. The monoisotopic (exact) mass is 288 g/mol. The molecular formula is C16H20N2O3. The molecule has 0 aliphatic carbocycles. The average Bonchev–Trinajstić information content (AvgIpc) is 2.88. The molecule has 2 heterocycles. The molecule has 2 aliphatic rings. The number of benzene rings is 1. The molecule has 1 amide bonds. The fourth-order valence-corrected chi connectivity index (χ4v) is 3.34. The summed E-state index contributed by atoms with van der Waals surface area (Å²) in [5.74, 6) is -0.684. The highest BCUT2D eigenvalue weighted by Gasteiger charge is 2.38. The molecular weight excluding hydrogens is 268 g/mol. The van der Waals surface area contributed by atoms with E-state index in [0.717, 1.165) is 37.2 Å². The van der Waals surface area contributed by atoms with E-state index in [1.54, 1.807) is 0 Å². The molecule has 3 rings (SSSR count). The van der Waals surface area contributed by atoms with Crippen LogP contribution in [0.5, 0.6) is 0 Å². The first kappa shape index (κ1) is 14.1. The third-order valence-corrected chi connectivity index (χ3v) is 4.39. The number of fused-ring (bicyclic) bond motifs is 1. The normalized spacial score (nSPS) is 24.7. The quantitative estimate of drug-likeness (QED) is 0.882. The summed E-state index contributed by atoms with van der Waals surface area (Å²) >= 11 is 0. The summed E-state index contributed by atoms with van der Waals surface area (Å²) in [4.78, 5) is 25.6. The van der Waals surface area contributed by atoms with Crippen LogP contribution in [-0.4, -0.2) is 36.1 Å². The van der Waals surface area contributed by atoms with E-state index >= 15 is 0 Å². The first-order chi connectivity index (χ1) is 10.2. The lowest BCUT2D eigenvalue weighted by Gasteiger charge is -2.27. The summed E-state index contributed by atoms with van der Waals surface area (Å²) in [6.07, 6.45) is 2.94. The van der Waals surface area contributed by atoms with Gasteiger partial charge in [0.25, 0.3) is 0 Å². The number of hydrogen-bond donors (Lipinski definition) is 2. The number of anilines is 1. The molecule has 0 radical (unpaired) electrons. The number of para-hydroxylation sites is 1. The molecule has 112 valence electrons. The zero-order chi connectivity index (χ0) is 14.8. The predicted molar refractivity (Wildman–Crippen MR) is 79.3 cm³/mol. The van der Waals surface area contributed by atoms with Gasteiger partial charge in [-0.25, -0.2) is 4.79 Å². The molecule has 0 spiro atoms. The second-order valence-electron chi connectivity index (χ2n) is 5.87. The third kappa shape index (κ3) is 2.78. The van der Waals surface area contributed by atoms with Gasteiger partial charge in [0.15, 0.2) is 0 Å². The summed E-state index contributed by atoms with van der Waals surface area (Å²) in [5.41, 5.74) is 1.71. The molecule has 1 fully saturated rings. The van der Waals surface area contributed by atoms with Crippen LogP contribution in [0.1, 0.15) is 24.8 Å². The minimum atomic E-state index is -0.929. The number of aliphatic carboxylic acids is 1. The Bertz CT molecular complexity index is 552. The van der Waals surface area contributed by atoms with Crippen molar-refractivity contribution in [3.63, 3.8) is 0 Å². The van der Waals surface area contributed by atoms with Crippen molar-refractivity contribution in [2.75, 3.05) is 18.0 Å². The summed E-state index contributed by atoms with van der Waals surface area (Å²) in [7, 11) is 0. The van der Waals surface area contributed by atoms with Gasteiger partial charge in [-0.2, -0.15) is 0 Å². The Labute approximate surface area is 123 Å². The van der Waals surface area contributed by atoms with E-state index in [-0.39, 0.29) is 5.91 Å². The van der Waals surface area contributed by atoms with E-state index in [4.69, 9.17) is 0 Å². The predicted octanol–water partition coefficient (Wildman–Crippen LogP) is 1.42. The maximum absolute atomic E-state index is 12.6. The summed E-state index contributed by atoms with van der Waals surface area (Å²) in [6.45, 7) is 1.86. The molecule has 0 saturated carbocycles. The van der Waals surface area contributed by atoms with Gasteiger partial charge in [-0.15, -0.1) is 0 Å². The lowest BCUT2D eigenvalue weighted by molar-refractivity contribution is -0.140. The molecule has 21 heavy (non-hydrogen) atoms. The maximum atomic E-state index is 12.6. The van der Waals surface area contributed by atoms with Gasteiger partial charge >= 0.3 is 5.97 Å². The van der Waals surface area contributed by atoms with Crippen LogP contribution in [0.25, 0.3) is 0 Å². The van der Waals surface area contributed by atoms with Crippen LogP contribution >= 0.6 is 0 Å². The average molecular weight is 288 g/mol. The number of piperidine rings is 1. The Kier molecular flexibility index (Phi) is 3.92. The summed E-state index contributed by atoms with van der Waals surface area (Å²) < 4.78 is 0. The van der Waals surface area contributed by atoms with Gasteiger partial charge in [0.2, 0.25) is 5.91 Å². The first-order valence-electron chi connectivity index (χ1n) is 7.50. The Morgan fingerprint density at radius 2 is 2.14 bits per heavy atom. The molecule has 1 saturated heterocycles. The van der Waals surface area contributed by atoms with Crippen LogP contribution in [0.2, 0.25) is 0 Å². The molecule has 2 N–H and O–H groups in total. The van der Waals surface area contributed by atoms with Crippen molar-refractivity contribution in [1.29, 1.82) is 0 Å². The highest BCUT2D eigenvalue weighted by molar-refractivity contribution is 6.02. The molecule has 1 aromatic rings. The number of carbonyl (C=O) groups excluding carboxylic acids is 1. The highest BCUT2D eigenvalue weighted by Crippen LogP contribution is 2.33. The second-order valence-corrected chi connectivity index (χ2v) is 5.87. The van der Waals surface area contributed by atoms with E-state index < -0.39 is 12.0 Å². The van der Waals surface area contributed by atoms with Gasteiger partial charge in [-0.05, 0) is 43.5 Å². The SMILES string of the molecule is O=C(O)C1Cc2ccccc2N1C(=O)CC1CCCNC1. The van der Waals surface area contributed by atoms with E-state index in [1.807, 2.05) is 24.3 Å². The molecule has 0 bridgehead atoms. The fraction of sp³-hybridized carbons (Fsp3) is 0.500. The van der Waals surface area contributed by atoms with Crippen LogP contribution in [-0.2, 0) is 16.0 Å². The van der Waals surface area contributed by atoms with Crippen molar-refractivity contribution in [2.45, 2.75) is 31.7 Å². The van der Waals surface area contributed by atoms with Gasteiger partial charge in [0, 0.05) is 18.5 Å². The van der Waals surface area contributed by atoms with E-state index in [0.29, 0.717) is 18.8 Å². The number of rotatable bonds is 3. The third-order valence-electron chi connectivity index (χ3n) is 4.39. The van der Waals surface area contributed by atoms with Gasteiger partial charge in [0.05, 0.1) is 0 Å². The van der Waals surface area contributed by atoms with Gasteiger partial charge in [-0.3, -0.25) is 9.69 Å². The van der Waals surface area contributed by atoms with Crippen LogP contribution in [0.15, 0.2) is 24.3 Å². The number of nitrogens with zero attached hydrogens (tertiary/aromatic N) is 1. The van der Waals surface area contributed by atoms with Crippen molar-refractivity contribution < 1.29 is 14.7 Å². The second kappa shape index (κ2) is 5.85. The number of carboxylic acid groups (broad SMARTS) is 1. The number of nitrogens with one attached hydrogen (secondary N) is 1. The fourth-order valence-electron chi connectivity index (χ4n) is 3.34. The lowest BCUT2D eigenvalue weighted by atomic mass is 9.95. The largest absolute Gasteiger partial charge is 0.480 e. The van der Waals surface area contributed by atoms with Gasteiger partial charge < -0.3 is 10.4 Å². The molecule has 1 aromatic carbocycles. The molecule has 0 aromatic heterocycles. The molecule has 2 atom stereocenters. The van der Waals surface area contributed by atoms with E-state index in [9.17, 15) is 14.7 Å². The smallest absolute Gasteiger partial charge is 0.327 e. The highest BCUT2D eigenvalue weighted by atomic mass is 16.4. The zero-order valence-electron chi connectivity index (χ0n) is 11.9. The van der Waals surface area contributed by atoms with Crippen molar-refractivity contribution in [2.24, 2.45) is 5.92 Å². The van der Waals surface area contributed by atoms with Crippen LogP contribution in [0.3, 0.4) is 0 Å². The molecule has 5 heteroatoms. The maximum Gasteiger partial charge on any atom is 0.327 e. The van der Waals surface area contributed by atoms with Crippen LogP contribution in [0, 0.1) is 5.92 Å². The minimum Gasteiger partial charge on any atom is -0.480 e. The van der Waals surface area contributed by atoms with Gasteiger partial charge in [0.1, 0.15) is 6.04 Å². The Morgan fingerprint density at radius 3 is 2.86 bits per heavy atom. The van der Waals surface area contributed by atoms with E-state index in [1.165, 1.54) is 4.90 Å². The lowest BCUT2D eigenvalue weighted by Crippen LogP contribution is -2.44.